The molecule has 2 heterocycles. The third-order valence-corrected chi connectivity index (χ3v) is 6.72. The highest BCUT2D eigenvalue weighted by Crippen LogP contribution is 2.39. The van der Waals surface area contributed by atoms with Gasteiger partial charge in [0.2, 0.25) is 11.8 Å². The average molecular weight is 370 g/mol. The van der Waals surface area contributed by atoms with Gasteiger partial charge in [-0.15, -0.1) is 0 Å². The molecule has 4 atom stereocenters. The highest BCUT2D eigenvalue weighted by molar-refractivity contribution is 6.00. The normalized spacial score (nSPS) is 31.0. The zero-order valence-corrected chi connectivity index (χ0v) is 16.4. The molecular weight excluding hydrogens is 340 g/mol. The quantitative estimate of drug-likeness (QED) is 0.819. The molecule has 0 unspecified atom stereocenters. The average Bonchev–Trinajstić information content (AvgIpc) is 3.08. The smallest absolute Gasteiger partial charge is 0.228 e. The van der Waals surface area contributed by atoms with Gasteiger partial charge in [-0.1, -0.05) is 6.92 Å². The molecule has 3 aliphatic rings. The highest BCUT2D eigenvalue weighted by atomic mass is 16.5. The van der Waals surface area contributed by atoms with E-state index >= 15 is 0 Å². The Morgan fingerprint density at radius 3 is 2.67 bits per heavy atom. The summed E-state index contributed by atoms with van der Waals surface area (Å²) in [5, 5.41) is 0. The van der Waals surface area contributed by atoms with Gasteiger partial charge in [0.25, 0.3) is 0 Å². The summed E-state index contributed by atoms with van der Waals surface area (Å²) in [6.07, 6.45) is 6.26. The van der Waals surface area contributed by atoms with E-state index in [9.17, 15) is 9.59 Å². The molecule has 3 fully saturated rings. The van der Waals surface area contributed by atoms with E-state index in [0.717, 1.165) is 36.7 Å². The Morgan fingerprint density at radius 2 is 1.93 bits per heavy atom. The number of rotatable bonds is 3. The van der Waals surface area contributed by atoms with E-state index in [1.165, 1.54) is 19.3 Å². The van der Waals surface area contributed by atoms with E-state index < -0.39 is 0 Å². The summed E-state index contributed by atoms with van der Waals surface area (Å²) in [6, 6.07) is 7.89. The lowest BCUT2D eigenvalue weighted by atomic mass is 9.74. The first-order valence-electron chi connectivity index (χ1n) is 10.3. The van der Waals surface area contributed by atoms with Crippen molar-refractivity contribution in [3.8, 4) is 5.75 Å². The third-order valence-electron chi connectivity index (χ3n) is 6.72. The van der Waals surface area contributed by atoms with Crippen molar-refractivity contribution in [2.24, 2.45) is 17.8 Å². The number of hydrogen-bond donors (Lipinski definition) is 0. The van der Waals surface area contributed by atoms with Gasteiger partial charge in [0.15, 0.2) is 0 Å². The Morgan fingerprint density at radius 1 is 1.15 bits per heavy atom. The maximum atomic E-state index is 13.3. The van der Waals surface area contributed by atoms with Crippen LogP contribution in [0.1, 0.15) is 45.4 Å². The number of carbonyl (C=O) groups excluding carboxylic acids is 2. The molecule has 1 aromatic rings. The Labute approximate surface area is 161 Å². The molecule has 5 nitrogen and oxygen atoms in total. The molecule has 1 aliphatic carbocycles. The minimum absolute atomic E-state index is 0.0457. The fourth-order valence-electron chi connectivity index (χ4n) is 5.29. The van der Waals surface area contributed by atoms with Crippen LogP contribution in [0.15, 0.2) is 24.3 Å². The van der Waals surface area contributed by atoms with E-state index in [1.807, 2.05) is 24.3 Å². The predicted molar refractivity (Wildman–Crippen MR) is 105 cm³/mol. The van der Waals surface area contributed by atoms with Gasteiger partial charge in [-0.05, 0) is 68.2 Å². The number of nitrogens with zero attached hydrogens (tertiary/aromatic N) is 2. The van der Waals surface area contributed by atoms with E-state index in [1.54, 1.807) is 12.0 Å². The molecule has 4 rings (SSSR count). The minimum Gasteiger partial charge on any atom is -0.497 e. The molecule has 1 aromatic carbocycles. The van der Waals surface area contributed by atoms with Gasteiger partial charge in [0.05, 0.1) is 13.0 Å². The number of piperidine rings is 1. The van der Waals surface area contributed by atoms with Crippen molar-refractivity contribution in [3.63, 3.8) is 0 Å². The molecule has 0 aromatic heterocycles. The SMILES string of the molecule is COc1ccc(N2C[C@H](C(=O)N3CCC[C@@H]4C[C@H](C)CC[C@H]43)CC2=O)cc1. The molecule has 1 saturated carbocycles. The lowest BCUT2D eigenvalue weighted by Gasteiger charge is -2.46. The fourth-order valence-corrected chi connectivity index (χ4v) is 5.29. The van der Waals surface area contributed by atoms with Crippen molar-refractivity contribution in [1.82, 2.24) is 4.90 Å². The van der Waals surface area contributed by atoms with Gasteiger partial charge in [0.1, 0.15) is 5.75 Å². The number of likely N-dealkylation sites (tertiary alicyclic amines) is 1. The second kappa shape index (κ2) is 7.53. The van der Waals surface area contributed by atoms with Crippen LogP contribution in [0.5, 0.6) is 5.75 Å². The first-order chi connectivity index (χ1) is 13.1. The van der Waals surface area contributed by atoms with Crippen molar-refractivity contribution in [1.29, 1.82) is 0 Å². The standard InChI is InChI=1S/C22H30N2O3/c1-15-5-10-20-16(12-15)4-3-11-23(20)22(26)17-13-21(25)24(14-17)18-6-8-19(27-2)9-7-18/h6-9,15-17,20H,3-5,10-14H2,1-2H3/t15-,16-,17-,20-/m1/s1. The number of benzene rings is 1. The molecule has 5 heteroatoms. The third kappa shape index (κ3) is 3.56. The number of amides is 2. The van der Waals surface area contributed by atoms with E-state index in [4.69, 9.17) is 4.74 Å². The summed E-state index contributed by atoms with van der Waals surface area (Å²) >= 11 is 0. The van der Waals surface area contributed by atoms with Crippen molar-refractivity contribution in [2.45, 2.75) is 51.5 Å². The Hall–Kier alpha value is -2.04. The monoisotopic (exact) mass is 370 g/mol. The second-order valence-corrected chi connectivity index (χ2v) is 8.52. The van der Waals surface area contributed by atoms with Crippen LogP contribution in [0.4, 0.5) is 5.69 Å². The molecule has 0 bridgehead atoms. The van der Waals surface area contributed by atoms with Crippen LogP contribution >= 0.6 is 0 Å². The van der Waals surface area contributed by atoms with Gasteiger partial charge < -0.3 is 14.5 Å². The van der Waals surface area contributed by atoms with E-state index in [-0.39, 0.29) is 17.7 Å². The van der Waals surface area contributed by atoms with Gasteiger partial charge in [-0.25, -0.2) is 0 Å². The molecule has 146 valence electrons. The Bertz CT molecular complexity index is 702. The van der Waals surface area contributed by atoms with Gasteiger partial charge in [0, 0.05) is 31.2 Å². The van der Waals surface area contributed by atoms with Crippen molar-refractivity contribution >= 4 is 17.5 Å². The summed E-state index contributed by atoms with van der Waals surface area (Å²) in [5.41, 5.74) is 0.846. The number of carbonyl (C=O) groups is 2. The predicted octanol–water partition coefficient (Wildman–Crippen LogP) is 3.48. The fraction of sp³-hybridized carbons (Fsp3) is 0.636. The highest BCUT2D eigenvalue weighted by Gasteiger charge is 2.43. The van der Waals surface area contributed by atoms with Crippen LogP contribution in [-0.2, 0) is 9.59 Å². The van der Waals surface area contributed by atoms with Crippen molar-refractivity contribution in [3.05, 3.63) is 24.3 Å². The zero-order valence-electron chi connectivity index (χ0n) is 16.4. The number of fused-ring (bicyclic) bond motifs is 1. The van der Waals surface area contributed by atoms with Crippen LogP contribution in [-0.4, -0.2) is 43.0 Å². The van der Waals surface area contributed by atoms with Crippen LogP contribution in [0.25, 0.3) is 0 Å². The molecule has 2 amide bonds. The maximum absolute atomic E-state index is 13.3. The van der Waals surface area contributed by atoms with Crippen molar-refractivity contribution in [2.75, 3.05) is 25.1 Å². The van der Waals surface area contributed by atoms with E-state index in [0.29, 0.717) is 24.9 Å². The van der Waals surface area contributed by atoms with Crippen molar-refractivity contribution < 1.29 is 14.3 Å². The largest absolute Gasteiger partial charge is 0.497 e. The number of methoxy groups -OCH3 is 1. The topological polar surface area (TPSA) is 49.9 Å². The number of hydrogen-bond acceptors (Lipinski definition) is 3. The van der Waals surface area contributed by atoms with Gasteiger partial charge in [-0.2, -0.15) is 0 Å². The summed E-state index contributed by atoms with van der Waals surface area (Å²) in [7, 11) is 1.63. The summed E-state index contributed by atoms with van der Waals surface area (Å²) < 4.78 is 5.19. The Balaban J connectivity index is 1.45. The molecule has 0 N–H and O–H groups in total. The van der Waals surface area contributed by atoms with E-state index in [2.05, 4.69) is 11.8 Å². The number of anilines is 1. The summed E-state index contributed by atoms with van der Waals surface area (Å²) in [5.74, 6) is 2.23. The zero-order chi connectivity index (χ0) is 19.0. The first kappa shape index (κ1) is 18.3. The molecule has 2 saturated heterocycles. The number of ether oxygens (including phenoxy) is 1. The van der Waals surface area contributed by atoms with Crippen LogP contribution in [0.3, 0.4) is 0 Å². The molecule has 0 spiro atoms. The first-order valence-corrected chi connectivity index (χ1v) is 10.3. The van der Waals surface area contributed by atoms with Gasteiger partial charge in [-0.3, -0.25) is 9.59 Å². The molecule has 2 aliphatic heterocycles. The lowest BCUT2D eigenvalue weighted by Crippen LogP contribution is -2.52. The molecular formula is C22H30N2O3. The van der Waals surface area contributed by atoms with Gasteiger partial charge >= 0.3 is 0 Å². The molecule has 0 radical (unpaired) electrons. The Kier molecular flexibility index (Phi) is 5.11. The second-order valence-electron chi connectivity index (χ2n) is 8.52. The summed E-state index contributed by atoms with van der Waals surface area (Å²) in [6.45, 7) is 3.69. The molecule has 27 heavy (non-hydrogen) atoms. The van der Waals surface area contributed by atoms with Crippen LogP contribution in [0.2, 0.25) is 0 Å². The van der Waals surface area contributed by atoms with Crippen LogP contribution in [0, 0.1) is 17.8 Å². The maximum Gasteiger partial charge on any atom is 0.228 e. The lowest BCUT2D eigenvalue weighted by molar-refractivity contribution is -0.142. The summed E-state index contributed by atoms with van der Waals surface area (Å²) in [4.78, 5) is 29.8. The minimum atomic E-state index is -0.210. The van der Waals surface area contributed by atoms with Crippen LogP contribution < -0.4 is 9.64 Å².